The van der Waals surface area contributed by atoms with Crippen molar-refractivity contribution in [3.63, 3.8) is 0 Å². The minimum absolute atomic E-state index is 0.102. The number of rotatable bonds is 2. The van der Waals surface area contributed by atoms with E-state index in [-0.39, 0.29) is 29.3 Å². The molecule has 0 radical (unpaired) electrons. The smallest absolute Gasteiger partial charge is 0.262 e. The van der Waals surface area contributed by atoms with E-state index in [2.05, 4.69) is 4.90 Å². The second-order valence-electron chi connectivity index (χ2n) is 6.16. The summed E-state index contributed by atoms with van der Waals surface area (Å²) in [5.74, 6) is -0.291. The first kappa shape index (κ1) is 16.2. The number of ether oxygens (including phenoxy) is 1. The van der Waals surface area contributed by atoms with E-state index in [1.54, 1.807) is 17.0 Å². The fourth-order valence-corrected chi connectivity index (χ4v) is 3.40. The number of fused-ring (bicyclic) bond motifs is 1. The second-order valence-corrected chi connectivity index (χ2v) is 6.16. The van der Waals surface area contributed by atoms with Crippen molar-refractivity contribution in [3.05, 3.63) is 35.4 Å². The molecule has 1 fully saturated rings. The van der Waals surface area contributed by atoms with Gasteiger partial charge in [-0.3, -0.25) is 14.6 Å². The van der Waals surface area contributed by atoms with E-state index < -0.39 is 0 Å². The molecule has 0 N–H and O–H groups in total. The maximum absolute atomic E-state index is 12.9. The van der Waals surface area contributed by atoms with Gasteiger partial charge >= 0.3 is 0 Å². The van der Waals surface area contributed by atoms with E-state index in [9.17, 15) is 15.3 Å². The maximum atomic E-state index is 12.9. The first-order valence-corrected chi connectivity index (χ1v) is 7.88. The molecule has 2 aliphatic rings. The quantitative estimate of drug-likeness (QED) is 0.613. The number of carbonyl (C=O) groups excluding carboxylic acids is 1. The molecule has 1 saturated heterocycles. The van der Waals surface area contributed by atoms with Crippen LogP contribution in [0.25, 0.3) is 5.57 Å². The zero-order valence-electron chi connectivity index (χ0n) is 13.7. The zero-order valence-corrected chi connectivity index (χ0v) is 13.7. The summed E-state index contributed by atoms with van der Waals surface area (Å²) in [5, 5.41) is 18.4. The third kappa shape index (κ3) is 2.78. The van der Waals surface area contributed by atoms with Crippen molar-refractivity contribution >= 4 is 17.2 Å². The summed E-state index contributed by atoms with van der Waals surface area (Å²) >= 11 is 0. The Balaban J connectivity index is 1.96. The van der Waals surface area contributed by atoms with Gasteiger partial charge in [0.25, 0.3) is 5.91 Å². The Morgan fingerprint density at radius 3 is 2.46 bits per heavy atom. The maximum Gasteiger partial charge on any atom is 0.262 e. The molecule has 0 bridgehead atoms. The Morgan fingerprint density at radius 1 is 1.21 bits per heavy atom. The van der Waals surface area contributed by atoms with Crippen LogP contribution in [0.4, 0.5) is 5.69 Å². The number of benzene rings is 1. The lowest BCUT2D eigenvalue weighted by Crippen LogP contribution is -2.50. The fraction of sp³-hybridized carbons (Fsp3) is 0.389. The van der Waals surface area contributed by atoms with Gasteiger partial charge in [0.1, 0.15) is 17.7 Å². The predicted molar refractivity (Wildman–Crippen MR) is 88.5 cm³/mol. The van der Waals surface area contributed by atoms with Crippen molar-refractivity contribution in [1.29, 1.82) is 10.5 Å². The summed E-state index contributed by atoms with van der Waals surface area (Å²) in [6, 6.07) is 11.0. The number of nitrogens with zero attached hydrogens (tertiary/aromatic N) is 4. The summed E-state index contributed by atoms with van der Waals surface area (Å²) in [4.78, 5) is 16.7. The summed E-state index contributed by atoms with van der Waals surface area (Å²) in [6.45, 7) is 5.91. The normalized spacial score (nSPS) is 23.6. The highest BCUT2D eigenvalue weighted by molar-refractivity contribution is 6.34. The van der Waals surface area contributed by atoms with E-state index in [4.69, 9.17) is 4.74 Å². The lowest BCUT2D eigenvalue weighted by atomic mass is 10.0. The highest BCUT2D eigenvalue weighted by Gasteiger charge is 2.36. The molecule has 0 saturated carbocycles. The molecule has 6 nitrogen and oxygen atoms in total. The van der Waals surface area contributed by atoms with Crippen LogP contribution in [0.15, 0.2) is 29.8 Å². The number of amides is 1. The molecule has 2 heterocycles. The zero-order chi connectivity index (χ0) is 17.3. The minimum atomic E-state index is -0.291. The number of morpholine rings is 1. The molecule has 6 heteroatoms. The summed E-state index contributed by atoms with van der Waals surface area (Å²) in [5.41, 5.74) is 1.45. The van der Waals surface area contributed by atoms with Crippen LogP contribution < -0.4 is 4.90 Å². The molecule has 1 aromatic rings. The van der Waals surface area contributed by atoms with Gasteiger partial charge < -0.3 is 4.74 Å². The Hall–Kier alpha value is -2.67. The Labute approximate surface area is 141 Å². The SMILES string of the molecule is C[C@@H]1CN(CN2C(=O)C(=C(C#N)C#N)c3ccccc32)C[C@H](C)O1. The first-order chi connectivity index (χ1) is 11.5. The van der Waals surface area contributed by atoms with Crippen LogP contribution in [0.1, 0.15) is 19.4 Å². The third-order valence-corrected chi connectivity index (χ3v) is 4.23. The van der Waals surface area contributed by atoms with Gasteiger partial charge in [-0.1, -0.05) is 18.2 Å². The average Bonchev–Trinajstić information content (AvgIpc) is 2.81. The molecule has 0 aromatic heterocycles. The predicted octanol–water partition coefficient (Wildman–Crippen LogP) is 1.90. The molecule has 1 amide bonds. The highest BCUT2D eigenvalue weighted by Crippen LogP contribution is 2.38. The van der Waals surface area contributed by atoms with E-state index in [1.165, 1.54) is 0 Å². The summed E-state index contributed by atoms with van der Waals surface area (Å²) in [6.07, 6.45) is 0.205. The number of para-hydroxylation sites is 1. The van der Waals surface area contributed by atoms with Crippen molar-refractivity contribution in [2.45, 2.75) is 26.1 Å². The molecule has 24 heavy (non-hydrogen) atoms. The molecule has 3 rings (SSSR count). The van der Waals surface area contributed by atoms with Gasteiger partial charge in [-0.25, -0.2) is 0 Å². The van der Waals surface area contributed by atoms with Crippen molar-refractivity contribution in [2.24, 2.45) is 0 Å². The van der Waals surface area contributed by atoms with Crippen LogP contribution >= 0.6 is 0 Å². The monoisotopic (exact) mass is 322 g/mol. The molecule has 1 aromatic carbocycles. The molecule has 122 valence electrons. The van der Waals surface area contributed by atoms with Gasteiger partial charge in [-0.05, 0) is 19.9 Å². The number of allylic oxidation sites excluding steroid dienone is 1. The number of carbonyl (C=O) groups is 1. The van der Waals surface area contributed by atoms with Crippen LogP contribution in [-0.4, -0.2) is 42.8 Å². The molecule has 0 aliphatic carbocycles. The average molecular weight is 322 g/mol. The van der Waals surface area contributed by atoms with E-state index in [1.807, 2.05) is 38.1 Å². The number of hydrogen-bond donors (Lipinski definition) is 0. The van der Waals surface area contributed by atoms with E-state index in [0.717, 1.165) is 18.8 Å². The van der Waals surface area contributed by atoms with Gasteiger partial charge in [0.15, 0.2) is 0 Å². The molecule has 2 atom stereocenters. The second kappa shape index (κ2) is 6.45. The molecule has 2 aliphatic heterocycles. The molecular weight excluding hydrogens is 304 g/mol. The van der Waals surface area contributed by atoms with Crippen molar-refractivity contribution < 1.29 is 9.53 Å². The Bertz CT molecular complexity index is 761. The Kier molecular flexibility index (Phi) is 4.35. The van der Waals surface area contributed by atoms with Gasteiger partial charge in [0, 0.05) is 18.7 Å². The van der Waals surface area contributed by atoms with Gasteiger partial charge in [0.2, 0.25) is 0 Å². The van der Waals surface area contributed by atoms with Gasteiger partial charge in [0.05, 0.1) is 30.1 Å². The first-order valence-electron chi connectivity index (χ1n) is 7.88. The number of anilines is 1. The highest BCUT2D eigenvalue weighted by atomic mass is 16.5. The topological polar surface area (TPSA) is 80.4 Å². The lowest BCUT2D eigenvalue weighted by Gasteiger charge is -2.37. The van der Waals surface area contributed by atoms with Crippen molar-refractivity contribution in [2.75, 3.05) is 24.7 Å². The number of nitriles is 2. The number of hydrogen-bond acceptors (Lipinski definition) is 5. The largest absolute Gasteiger partial charge is 0.373 e. The van der Waals surface area contributed by atoms with Crippen LogP contribution in [0.3, 0.4) is 0 Å². The van der Waals surface area contributed by atoms with Crippen LogP contribution in [0.2, 0.25) is 0 Å². The lowest BCUT2D eigenvalue weighted by molar-refractivity contribution is -0.114. The van der Waals surface area contributed by atoms with Crippen LogP contribution in [0, 0.1) is 22.7 Å². The minimum Gasteiger partial charge on any atom is -0.373 e. The summed E-state index contributed by atoms with van der Waals surface area (Å²) in [7, 11) is 0. The fourth-order valence-electron chi connectivity index (χ4n) is 3.40. The van der Waals surface area contributed by atoms with Crippen LogP contribution in [0.5, 0.6) is 0 Å². The Morgan fingerprint density at radius 2 is 1.83 bits per heavy atom. The van der Waals surface area contributed by atoms with Crippen LogP contribution in [-0.2, 0) is 9.53 Å². The molecular formula is C18H18N4O2. The molecule has 0 unspecified atom stereocenters. The van der Waals surface area contributed by atoms with Gasteiger partial charge in [-0.15, -0.1) is 0 Å². The van der Waals surface area contributed by atoms with E-state index >= 15 is 0 Å². The van der Waals surface area contributed by atoms with Crippen molar-refractivity contribution in [3.8, 4) is 12.1 Å². The third-order valence-electron chi connectivity index (χ3n) is 4.23. The van der Waals surface area contributed by atoms with Gasteiger partial charge in [-0.2, -0.15) is 10.5 Å². The summed E-state index contributed by atoms with van der Waals surface area (Å²) < 4.78 is 5.73. The standard InChI is InChI=1S/C18H18N4O2/c1-12-9-21(10-13(2)24-12)11-22-16-6-4-3-5-15(16)17(18(22)23)14(7-19)8-20/h3-6,12-13H,9-11H2,1-2H3/t12-,13+. The molecule has 0 spiro atoms. The van der Waals surface area contributed by atoms with Crippen molar-refractivity contribution in [1.82, 2.24) is 4.90 Å². The van der Waals surface area contributed by atoms with E-state index in [0.29, 0.717) is 12.2 Å².